The summed E-state index contributed by atoms with van der Waals surface area (Å²) in [6.07, 6.45) is 4.88. The molecule has 1 heterocycles. The van der Waals surface area contributed by atoms with Crippen LogP contribution in [-0.2, 0) is 6.42 Å². The molecule has 21 heavy (non-hydrogen) atoms. The maximum absolute atomic E-state index is 12.9. The van der Waals surface area contributed by atoms with Gasteiger partial charge >= 0.3 is 0 Å². The zero-order valence-electron chi connectivity index (χ0n) is 13.4. The molecule has 0 bridgehead atoms. The monoisotopic (exact) mass is 292 g/mol. The molecule has 0 spiro atoms. The summed E-state index contributed by atoms with van der Waals surface area (Å²) in [5, 5.41) is 3.57. The van der Waals surface area contributed by atoms with E-state index in [-0.39, 0.29) is 5.82 Å². The van der Waals surface area contributed by atoms with E-state index in [2.05, 4.69) is 24.1 Å². The lowest BCUT2D eigenvalue weighted by molar-refractivity contribution is 0.190. The third-order valence-corrected chi connectivity index (χ3v) is 4.48. The molecule has 1 aromatic rings. The molecule has 0 aliphatic carbocycles. The van der Waals surface area contributed by atoms with Crippen LogP contribution in [0.4, 0.5) is 4.39 Å². The van der Waals surface area contributed by atoms with Crippen molar-refractivity contribution >= 4 is 0 Å². The predicted molar refractivity (Wildman–Crippen MR) is 87.0 cm³/mol. The Morgan fingerprint density at radius 3 is 2.57 bits per heavy atom. The summed E-state index contributed by atoms with van der Waals surface area (Å²) in [5.74, 6) is 0.755. The molecule has 3 heteroatoms. The summed E-state index contributed by atoms with van der Waals surface area (Å²) in [5.41, 5.74) is 1.20. The third kappa shape index (κ3) is 6.15. The summed E-state index contributed by atoms with van der Waals surface area (Å²) < 4.78 is 12.9. The van der Waals surface area contributed by atoms with Crippen LogP contribution in [0.1, 0.15) is 38.7 Å². The minimum absolute atomic E-state index is 0.157. The van der Waals surface area contributed by atoms with Crippen molar-refractivity contribution in [3.8, 4) is 0 Å². The van der Waals surface area contributed by atoms with E-state index in [9.17, 15) is 4.39 Å². The predicted octanol–water partition coefficient (Wildman–Crippen LogP) is 3.47. The highest BCUT2D eigenvalue weighted by molar-refractivity contribution is 5.16. The molecule has 2 rings (SSSR count). The molecule has 118 valence electrons. The number of benzene rings is 1. The average molecular weight is 292 g/mol. The van der Waals surface area contributed by atoms with E-state index >= 15 is 0 Å². The molecule has 1 aliphatic heterocycles. The Kier molecular flexibility index (Phi) is 6.65. The molecule has 1 aromatic carbocycles. The van der Waals surface area contributed by atoms with E-state index in [4.69, 9.17) is 0 Å². The van der Waals surface area contributed by atoms with Gasteiger partial charge < -0.3 is 10.2 Å². The standard InChI is InChI=1S/C18H29FN2/c1-15-8-12-21(13-9-15)11-3-10-20-16(2)14-17-4-6-18(19)7-5-17/h4-7,15-16,20H,3,8-14H2,1-2H3. The van der Waals surface area contributed by atoms with E-state index in [1.807, 2.05) is 12.1 Å². The van der Waals surface area contributed by atoms with Gasteiger partial charge in [-0.05, 0) is 82.4 Å². The molecule has 0 radical (unpaired) electrons. The zero-order chi connectivity index (χ0) is 15.1. The smallest absolute Gasteiger partial charge is 0.123 e. The lowest BCUT2D eigenvalue weighted by atomic mass is 9.99. The van der Waals surface area contributed by atoms with Crippen molar-refractivity contribution in [2.24, 2.45) is 5.92 Å². The highest BCUT2D eigenvalue weighted by Crippen LogP contribution is 2.15. The van der Waals surface area contributed by atoms with Crippen molar-refractivity contribution in [1.82, 2.24) is 10.2 Å². The van der Waals surface area contributed by atoms with Crippen LogP contribution in [0.2, 0.25) is 0 Å². The van der Waals surface area contributed by atoms with Crippen molar-refractivity contribution in [3.63, 3.8) is 0 Å². The highest BCUT2D eigenvalue weighted by Gasteiger charge is 2.14. The molecule has 1 aliphatic rings. The second kappa shape index (κ2) is 8.50. The molecule has 0 aromatic heterocycles. The van der Waals surface area contributed by atoms with E-state index in [0.717, 1.165) is 18.9 Å². The van der Waals surface area contributed by atoms with Crippen molar-refractivity contribution in [3.05, 3.63) is 35.6 Å². The first-order chi connectivity index (χ1) is 10.1. The van der Waals surface area contributed by atoms with Gasteiger partial charge in [0, 0.05) is 6.04 Å². The second-order valence-corrected chi connectivity index (χ2v) is 6.56. The minimum atomic E-state index is -0.157. The molecule has 0 saturated carbocycles. The number of halogens is 1. The second-order valence-electron chi connectivity index (χ2n) is 6.56. The van der Waals surface area contributed by atoms with Gasteiger partial charge in [0.1, 0.15) is 5.82 Å². The summed E-state index contributed by atoms with van der Waals surface area (Å²) in [4.78, 5) is 2.59. The Morgan fingerprint density at radius 1 is 1.24 bits per heavy atom. The maximum atomic E-state index is 12.9. The van der Waals surface area contributed by atoms with Crippen LogP contribution in [0, 0.1) is 11.7 Å². The van der Waals surface area contributed by atoms with Crippen molar-refractivity contribution < 1.29 is 4.39 Å². The summed E-state index contributed by atoms with van der Waals surface area (Å²) in [6, 6.07) is 7.28. The Bertz CT molecular complexity index is 396. The van der Waals surface area contributed by atoms with Crippen LogP contribution in [-0.4, -0.2) is 37.1 Å². The van der Waals surface area contributed by atoms with Crippen LogP contribution in [0.25, 0.3) is 0 Å². The lowest BCUT2D eigenvalue weighted by Gasteiger charge is -2.30. The molecule has 0 amide bonds. The van der Waals surface area contributed by atoms with Gasteiger partial charge in [0.25, 0.3) is 0 Å². The fourth-order valence-electron chi connectivity index (χ4n) is 2.98. The Labute approximate surface area is 128 Å². The van der Waals surface area contributed by atoms with Gasteiger partial charge in [-0.1, -0.05) is 19.1 Å². The summed E-state index contributed by atoms with van der Waals surface area (Å²) >= 11 is 0. The lowest BCUT2D eigenvalue weighted by Crippen LogP contribution is -2.36. The molecule has 1 N–H and O–H groups in total. The van der Waals surface area contributed by atoms with Crippen LogP contribution in [0.3, 0.4) is 0 Å². The van der Waals surface area contributed by atoms with Gasteiger partial charge in [-0.25, -0.2) is 4.39 Å². The van der Waals surface area contributed by atoms with Gasteiger partial charge in [-0.15, -0.1) is 0 Å². The summed E-state index contributed by atoms with van der Waals surface area (Å²) in [6.45, 7) is 9.37. The van der Waals surface area contributed by atoms with Crippen LogP contribution < -0.4 is 5.32 Å². The van der Waals surface area contributed by atoms with Gasteiger partial charge in [0.15, 0.2) is 0 Å². The SMILES string of the molecule is CC1CCN(CCCNC(C)Cc2ccc(F)cc2)CC1. The first-order valence-corrected chi connectivity index (χ1v) is 8.33. The maximum Gasteiger partial charge on any atom is 0.123 e. The molecule has 1 atom stereocenters. The first-order valence-electron chi connectivity index (χ1n) is 8.33. The Hall–Kier alpha value is -0.930. The fraction of sp³-hybridized carbons (Fsp3) is 0.667. The van der Waals surface area contributed by atoms with Gasteiger partial charge in [0.05, 0.1) is 0 Å². The normalized spacial score (nSPS) is 18.8. The van der Waals surface area contributed by atoms with E-state index in [1.165, 1.54) is 44.5 Å². The topological polar surface area (TPSA) is 15.3 Å². The molecule has 2 nitrogen and oxygen atoms in total. The fourth-order valence-corrected chi connectivity index (χ4v) is 2.98. The zero-order valence-corrected chi connectivity index (χ0v) is 13.4. The number of nitrogens with zero attached hydrogens (tertiary/aromatic N) is 1. The number of hydrogen-bond acceptors (Lipinski definition) is 2. The number of rotatable bonds is 7. The van der Waals surface area contributed by atoms with E-state index in [1.54, 1.807) is 12.1 Å². The van der Waals surface area contributed by atoms with Gasteiger partial charge in [0.2, 0.25) is 0 Å². The van der Waals surface area contributed by atoms with Crippen LogP contribution in [0.5, 0.6) is 0 Å². The van der Waals surface area contributed by atoms with Crippen LogP contribution in [0.15, 0.2) is 24.3 Å². The quantitative estimate of drug-likeness (QED) is 0.774. The summed E-state index contributed by atoms with van der Waals surface area (Å²) in [7, 11) is 0. The number of likely N-dealkylation sites (tertiary alicyclic amines) is 1. The average Bonchev–Trinajstić information content (AvgIpc) is 2.48. The molecular formula is C18H29FN2. The van der Waals surface area contributed by atoms with Gasteiger partial charge in [-0.2, -0.15) is 0 Å². The Morgan fingerprint density at radius 2 is 1.90 bits per heavy atom. The minimum Gasteiger partial charge on any atom is -0.314 e. The number of piperidine rings is 1. The molecule has 1 unspecified atom stereocenters. The van der Waals surface area contributed by atoms with Crippen molar-refractivity contribution in [2.45, 2.75) is 45.6 Å². The highest BCUT2D eigenvalue weighted by atomic mass is 19.1. The molecule has 1 saturated heterocycles. The van der Waals surface area contributed by atoms with E-state index < -0.39 is 0 Å². The number of hydrogen-bond donors (Lipinski definition) is 1. The van der Waals surface area contributed by atoms with E-state index in [0.29, 0.717) is 6.04 Å². The van der Waals surface area contributed by atoms with Gasteiger partial charge in [-0.3, -0.25) is 0 Å². The molecule has 1 fully saturated rings. The van der Waals surface area contributed by atoms with Crippen molar-refractivity contribution in [2.75, 3.05) is 26.2 Å². The first kappa shape index (κ1) is 16.4. The van der Waals surface area contributed by atoms with Crippen molar-refractivity contribution in [1.29, 1.82) is 0 Å². The van der Waals surface area contributed by atoms with Crippen LogP contribution >= 0.6 is 0 Å². The number of nitrogens with one attached hydrogen (secondary N) is 1. The Balaban J connectivity index is 1.57. The third-order valence-electron chi connectivity index (χ3n) is 4.48. The molecular weight excluding hydrogens is 263 g/mol. The largest absolute Gasteiger partial charge is 0.314 e.